The summed E-state index contributed by atoms with van der Waals surface area (Å²) in [6.07, 6.45) is 0. The summed E-state index contributed by atoms with van der Waals surface area (Å²) >= 11 is 0. The molecule has 0 bridgehead atoms. The Hall–Kier alpha value is -1.19. The van der Waals surface area contributed by atoms with Gasteiger partial charge >= 0.3 is 5.69 Å². The van der Waals surface area contributed by atoms with Crippen molar-refractivity contribution in [2.45, 2.75) is 26.7 Å². The van der Waals surface area contributed by atoms with E-state index in [0.717, 1.165) is 0 Å². The molecular weight excluding hydrogens is 142 g/mol. The van der Waals surface area contributed by atoms with Crippen LogP contribution in [0.2, 0.25) is 0 Å². The van der Waals surface area contributed by atoms with Gasteiger partial charge in [0.15, 0.2) is 0 Å². The van der Waals surface area contributed by atoms with Crippen molar-refractivity contribution in [3.63, 3.8) is 0 Å². The average molecular weight is 153 g/mol. The van der Waals surface area contributed by atoms with Crippen molar-refractivity contribution in [3.05, 3.63) is 22.1 Å². The molecule has 60 valence electrons. The van der Waals surface area contributed by atoms with E-state index in [4.69, 9.17) is 0 Å². The second-order valence-electron chi connectivity index (χ2n) is 2.75. The van der Waals surface area contributed by atoms with E-state index in [1.165, 1.54) is 0 Å². The Kier molecular flexibility index (Phi) is 2.03. The highest BCUT2D eigenvalue weighted by molar-refractivity contribution is 4.93. The van der Waals surface area contributed by atoms with Crippen molar-refractivity contribution in [2.24, 2.45) is 0 Å². The van der Waals surface area contributed by atoms with Crippen LogP contribution in [0.4, 0.5) is 0 Å². The molecule has 1 N–H and O–H groups in total. The van der Waals surface area contributed by atoms with Gasteiger partial charge in [0.2, 0.25) is 0 Å². The maximum Gasteiger partial charge on any atom is 0.348 e. The molecule has 4 heteroatoms. The summed E-state index contributed by atoms with van der Waals surface area (Å²) < 4.78 is 0. The number of H-pyrrole nitrogens is 1. The fraction of sp³-hybridized carbons (Fsp3) is 0.571. The summed E-state index contributed by atoms with van der Waals surface area (Å²) in [4.78, 5) is 21.1. The molecule has 11 heavy (non-hydrogen) atoms. The fourth-order valence-corrected chi connectivity index (χ4v) is 0.770. The predicted octanol–water partition coefficient (Wildman–Crippen LogP) is 0.597. The van der Waals surface area contributed by atoms with Crippen LogP contribution in [0.3, 0.4) is 0 Å². The van der Waals surface area contributed by atoms with E-state index in [0.29, 0.717) is 11.6 Å². The van der Waals surface area contributed by atoms with E-state index >= 15 is 0 Å². The van der Waals surface area contributed by atoms with Crippen LogP contribution >= 0.6 is 0 Å². The molecule has 0 unspecified atom stereocenters. The monoisotopic (exact) mass is 153 g/mol. The number of nitrogens with zero attached hydrogens (tertiary/aromatic N) is 2. The van der Waals surface area contributed by atoms with Gasteiger partial charge in [-0.2, -0.15) is 4.98 Å². The smallest absolute Gasteiger partial charge is 0.294 e. The lowest BCUT2D eigenvalue weighted by Gasteiger charge is -2.01. The quantitative estimate of drug-likeness (QED) is 0.642. The van der Waals surface area contributed by atoms with E-state index in [-0.39, 0.29) is 11.6 Å². The minimum absolute atomic E-state index is 0.205. The molecule has 0 saturated carbocycles. The molecule has 0 spiro atoms. The van der Waals surface area contributed by atoms with Crippen molar-refractivity contribution >= 4 is 0 Å². The third-order valence-electron chi connectivity index (χ3n) is 1.30. The first-order valence-electron chi connectivity index (χ1n) is 3.54. The minimum atomic E-state index is -0.318. The van der Waals surface area contributed by atoms with Crippen molar-refractivity contribution < 1.29 is 0 Å². The van der Waals surface area contributed by atoms with Crippen LogP contribution in [-0.2, 0) is 0 Å². The van der Waals surface area contributed by atoms with Crippen molar-refractivity contribution in [1.82, 2.24) is 15.0 Å². The van der Waals surface area contributed by atoms with Gasteiger partial charge in [0.1, 0.15) is 11.6 Å². The highest BCUT2D eigenvalue weighted by Crippen LogP contribution is 2.04. The first kappa shape index (κ1) is 7.91. The van der Waals surface area contributed by atoms with Crippen LogP contribution in [0.5, 0.6) is 0 Å². The molecule has 0 aliphatic rings. The molecule has 4 nitrogen and oxygen atoms in total. The van der Waals surface area contributed by atoms with Crippen molar-refractivity contribution in [3.8, 4) is 0 Å². The van der Waals surface area contributed by atoms with Crippen LogP contribution < -0.4 is 5.69 Å². The Morgan fingerprint density at radius 2 is 2.00 bits per heavy atom. The molecule has 1 heterocycles. The van der Waals surface area contributed by atoms with Crippen molar-refractivity contribution in [1.29, 1.82) is 0 Å². The second-order valence-corrected chi connectivity index (χ2v) is 2.75. The van der Waals surface area contributed by atoms with Gasteiger partial charge in [-0.15, -0.1) is 0 Å². The Labute approximate surface area is 64.7 Å². The minimum Gasteiger partial charge on any atom is -0.294 e. The maximum atomic E-state index is 10.8. The van der Waals surface area contributed by atoms with E-state index in [2.05, 4.69) is 15.0 Å². The number of aryl methyl sites for hydroxylation is 1. The highest BCUT2D eigenvalue weighted by atomic mass is 16.1. The van der Waals surface area contributed by atoms with Gasteiger partial charge in [0, 0.05) is 5.92 Å². The van der Waals surface area contributed by atoms with E-state index in [1.807, 2.05) is 13.8 Å². The molecule has 0 aliphatic heterocycles. The number of hydrogen-bond acceptors (Lipinski definition) is 3. The molecule has 1 rings (SSSR count). The Bertz CT molecular complexity index is 303. The van der Waals surface area contributed by atoms with Gasteiger partial charge in [-0.1, -0.05) is 13.8 Å². The summed E-state index contributed by atoms with van der Waals surface area (Å²) in [5.41, 5.74) is -0.318. The lowest BCUT2D eigenvalue weighted by molar-refractivity contribution is 0.732. The third-order valence-corrected chi connectivity index (χ3v) is 1.30. The molecule has 0 radical (unpaired) electrons. The number of hydrogen-bond donors (Lipinski definition) is 1. The van der Waals surface area contributed by atoms with Gasteiger partial charge in [-0.3, -0.25) is 4.98 Å². The SMILES string of the molecule is Cc1nc(C(C)C)nc(=O)[nH]1. The predicted molar refractivity (Wildman–Crippen MR) is 41.5 cm³/mol. The lowest BCUT2D eigenvalue weighted by atomic mass is 10.2. The number of nitrogens with one attached hydrogen (secondary N) is 1. The summed E-state index contributed by atoms with van der Waals surface area (Å²) in [5, 5.41) is 0. The van der Waals surface area contributed by atoms with E-state index < -0.39 is 0 Å². The maximum absolute atomic E-state index is 10.8. The summed E-state index contributed by atoms with van der Waals surface area (Å²) in [5.74, 6) is 1.43. The molecule has 0 fully saturated rings. The van der Waals surface area contributed by atoms with Crippen LogP contribution in [-0.4, -0.2) is 15.0 Å². The van der Waals surface area contributed by atoms with Gasteiger partial charge < -0.3 is 0 Å². The Morgan fingerprint density at radius 1 is 1.36 bits per heavy atom. The number of aromatic amines is 1. The first-order valence-corrected chi connectivity index (χ1v) is 3.54. The lowest BCUT2D eigenvalue weighted by Crippen LogP contribution is -2.17. The summed E-state index contributed by atoms with van der Waals surface area (Å²) in [6.45, 7) is 5.65. The topological polar surface area (TPSA) is 58.6 Å². The molecule has 0 aromatic carbocycles. The van der Waals surface area contributed by atoms with E-state index in [1.54, 1.807) is 6.92 Å². The van der Waals surface area contributed by atoms with Crippen LogP contribution in [0, 0.1) is 6.92 Å². The average Bonchev–Trinajstić information content (AvgIpc) is 1.85. The Morgan fingerprint density at radius 3 is 2.45 bits per heavy atom. The van der Waals surface area contributed by atoms with Crippen LogP contribution in [0.15, 0.2) is 4.79 Å². The highest BCUT2D eigenvalue weighted by Gasteiger charge is 2.03. The summed E-state index contributed by atoms with van der Waals surface area (Å²) in [6, 6.07) is 0. The van der Waals surface area contributed by atoms with E-state index in [9.17, 15) is 4.79 Å². The molecule has 1 aromatic heterocycles. The molecule has 1 aromatic rings. The van der Waals surface area contributed by atoms with Crippen LogP contribution in [0.25, 0.3) is 0 Å². The fourth-order valence-electron chi connectivity index (χ4n) is 0.770. The van der Waals surface area contributed by atoms with Crippen molar-refractivity contribution in [2.75, 3.05) is 0 Å². The molecule has 0 aliphatic carbocycles. The largest absolute Gasteiger partial charge is 0.348 e. The zero-order valence-electron chi connectivity index (χ0n) is 6.88. The number of aromatic nitrogens is 3. The van der Waals surface area contributed by atoms with Gasteiger partial charge in [-0.05, 0) is 6.92 Å². The first-order chi connectivity index (χ1) is 5.09. The third kappa shape index (κ3) is 1.86. The molecule has 0 atom stereocenters. The molecular formula is C7H11N3O. The summed E-state index contributed by atoms with van der Waals surface area (Å²) in [7, 11) is 0. The number of rotatable bonds is 1. The molecule has 0 saturated heterocycles. The normalized spacial score (nSPS) is 10.5. The van der Waals surface area contributed by atoms with Gasteiger partial charge in [-0.25, -0.2) is 9.78 Å². The second kappa shape index (κ2) is 2.82. The van der Waals surface area contributed by atoms with Gasteiger partial charge in [0.05, 0.1) is 0 Å². The van der Waals surface area contributed by atoms with Crippen LogP contribution in [0.1, 0.15) is 31.4 Å². The molecule has 0 amide bonds. The zero-order valence-corrected chi connectivity index (χ0v) is 6.88. The Balaban J connectivity index is 3.19. The standard InChI is InChI=1S/C7H11N3O/c1-4(2)6-8-5(3)9-7(11)10-6/h4H,1-3H3,(H,8,9,10,11). The van der Waals surface area contributed by atoms with Gasteiger partial charge in [0.25, 0.3) is 0 Å². The zero-order chi connectivity index (χ0) is 8.43.